The Kier molecular flexibility index (Phi) is 12.4. The van der Waals surface area contributed by atoms with E-state index in [1.54, 1.807) is 0 Å². The first-order valence-electron chi connectivity index (χ1n) is 11.0. The Labute approximate surface area is 162 Å². The molecule has 0 saturated heterocycles. The molecule has 0 rings (SSSR count). The van der Waals surface area contributed by atoms with Gasteiger partial charge < -0.3 is 4.98 Å². The smallest absolute Gasteiger partial charge is 0.160 e. The van der Waals surface area contributed by atoms with Crippen molar-refractivity contribution in [1.29, 1.82) is 0 Å². The highest BCUT2D eigenvalue weighted by molar-refractivity contribution is 6.81. The lowest BCUT2D eigenvalue weighted by atomic mass is 10.1. The van der Waals surface area contributed by atoms with Crippen molar-refractivity contribution in [2.75, 3.05) is 0 Å². The zero-order chi connectivity index (χ0) is 19.5. The molecule has 0 aromatic carbocycles. The molecule has 150 valence electrons. The van der Waals surface area contributed by atoms with E-state index in [0.717, 1.165) is 16.6 Å². The quantitative estimate of drug-likeness (QED) is 0.235. The summed E-state index contributed by atoms with van der Waals surface area (Å²) in [6, 6.07) is 1.51. The molecule has 0 amide bonds. The Bertz CT molecular complexity index is 332. The summed E-state index contributed by atoms with van der Waals surface area (Å²) in [5, 5.41) is 0. The fourth-order valence-corrected chi connectivity index (χ4v) is 11.1. The molecule has 0 heterocycles. The second-order valence-corrected chi connectivity index (χ2v) is 21.4. The summed E-state index contributed by atoms with van der Waals surface area (Å²) in [7, 11) is -2.27. The summed E-state index contributed by atoms with van der Waals surface area (Å²) < 4.78 is 0. The number of unbranched alkanes of at least 4 members (excludes halogenated alkanes) is 6. The van der Waals surface area contributed by atoms with Gasteiger partial charge in [0.1, 0.15) is 0 Å². The molecule has 0 unspecified atom stereocenters. The lowest BCUT2D eigenvalue weighted by Crippen LogP contribution is -2.55. The van der Waals surface area contributed by atoms with E-state index < -0.39 is 16.3 Å². The predicted molar refractivity (Wildman–Crippen MR) is 124 cm³/mol. The largest absolute Gasteiger partial charge is 0.416 e. The number of hydrogen-bond acceptors (Lipinski definition) is 1. The number of rotatable bonds is 14. The summed E-state index contributed by atoms with van der Waals surface area (Å²) in [6.45, 7) is 21.9. The van der Waals surface area contributed by atoms with Gasteiger partial charge in [0.15, 0.2) is 8.24 Å². The molecule has 0 aromatic rings. The number of hydrogen-bond donors (Lipinski definition) is 1. The minimum Gasteiger partial charge on any atom is -0.416 e. The van der Waals surface area contributed by atoms with Crippen LogP contribution in [0.1, 0.15) is 86.5 Å². The molecular weight excluding hydrogens is 334 g/mol. The maximum atomic E-state index is 3.93. The van der Waals surface area contributed by atoms with Gasteiger partial charge in [0.05, 0.1) is 0 Å². The van der Waals surface area contributed by atoms with Crippen LogP contribution in [-0.2, 0) is 0 Å². The van der Waals surface area contributed by atoms with Gasteiger partial charge in [0.2, 0.25) is 0 Å². The molecule has 0 spiro atoms. The second-order valence-electron chi connectivity index (χ2n) is 10.2. The van der Waals surface area contributed by atoms with Crippen molar-refractivity contribution < 1.29 is 0 Å². The highest BCUT2D eigenvalue weighted by Gasteiger charge is 2.42. The summed E-state index contributed by atoms with van der Waals surface area (Å²) in [5.74, 6) is 0. The number of allylic oxidation sites excluding steroid dienone is 1. The van der Waals surface area contributed by atoms with E-state index in [9.17, 15) is 0 Å². The number of nitrogens with one attached hydrogen (secondary N) is 1. The Morgan fingerprint density at radius 1 is 0.680 bits per heavy atom. The molecule has 0 atom stereocenters. The fourth-order valence-electron chi connectivity index (χ4n) is 4.41. The Balaban J connectivity index is 3.94. The molecule has 0 aromatic heterocycles. The molecule has 1 nitrogen and oxygen atoms in total. The topological polar surface area (TPSA) is 12.0 Å². The van der Waals surface area contributed by atoms with Crippen molar-refractivity contribution in [3.05, 3.63) is 12.3 Å². The zero-order valence-corrected chi connectivity index (χ0v) is 21.0. The monoisotopic (exact) mass is 383 g/mol. The lowest BCUT2D eigenvalue weighted by molar-refractivity contribution is 0.609. The first-order valence-corrected chi connectivity index (χ1v) is 16.9. The maximum Gasteiger partial charge on any atom is 0.160 e. The normalized spacial score (nSPS) is 13.6. The van der Waals surface area contributed by atoms with Crippen molar-refractivity contribution in [1.82, 2.24) is 4.98 Å². The minimum atomic E-state index is -1.47. The van der Waals surface area contributed by atoms with Crippen LogP contribution >= 0.6 is 0 Å². The highest BCUT2D eigenvalue weighted by atomic mass is 28.3. The van der Waals surface area contributed by atoms with Gasteiger partial charge >= 0.3 is 0 Å². The minimum absolute atomic E-state index is 0.772. The van der Waals surface area contributed by atoms with Crippen molar-refractivity contribution in [2.45, 2.75) is 129 Å². The molecular formula is C22H49NSi2. The average Bonchev–Trinajstić information content (AvgIpc) is 2.46. The molecule has 0 aliphatic rings. The summed E-state index contributed by atoms with van der Waals surface area (Å²) in [6.07, 6.45) is 14.5. The summed E-state index contributed by atoms with van der Waals surface area (Å²) in [4.78, 5) is 3.93. The molecule has 0 saturated carbocycles. The Hall–Kier alpha value is -0.0262. The van der Waals surface area contributed by atoms with E-state index in [0.29, 0.717) is 0 Å². The van der Waals surface area contributed by atoms with E-state index in [1.165, 1.54) is 51.0 Å². The molecule has 25 heavy (non-hydrogen) atoms. The second kappa shape index (κ2) is 12.4. The van der Waals surface area contributed by atoms with Crippen molar-refractivity contribution in [3.63, 3.8) is 0 Å². The maximum absolute atomic E-state index is 3.93. The van der Waals surface area contributed by atoms with E-state index in [1.807, 2.05) is 0 Å². The molecule has 1 N–H and O–H groups in total. The molecule has 0 aliphatic carbocycles. The van der Waals surface area contributed by atoms with E-state index >= 15 is 0 Å². The Morgan fingerprint density at radius 2 is 1.12 bits per heavy atom. The summed E-state index contributed by atoms with van der Waals surface area (Å²) >= 11 is 0. The van der Waals surface area contributed by atoms with Crippen LogP contribution < -0.4 is 4.98 Å². The molecule has 3 heteroatoms. The van der Waals surface area contributed by atoms with Crippen molar-refractivity contribution in [3.8, 4) is 0 Å². The van der Waals surface area contributed by atoms with Crippen LogP contribution in [0.4, 0.5) is 0 Å². The first-order chi connectivity index (χ1) is 11.5. The van der Waals surface area contributed by atoms with Gasteiger partial charge in [-0.15, -0.1) is 0 Å². The van der Waals surface area contributed by atoms with E-state index in [4.69, 9.17) is 0 Å². The van der Waals surface area contributed by atoms with Crippen LogP contribution in [0.5, 0.6) is 0 Å². The lowest BCUT2D eigenvalue weighted by Gasteiger charge is -2.43. The van der Waals surface area contributed by atoms with Crippen molar-refractivity contribution in [2.24, 2.45) is 0 Å². The average molecular weight is 384 g/mol. The molecule has 0 aliphatic heterocycles. The van der Waals surface area contributed by atoms with Gasteiger partial charge in [-0.2, -0.15) is 0 Å². The van der Waals surface area contributed by atoms with Crippen LogP contribution in [0.3, 0.4) is 0 Å². The van der Waals surface area contributed by atoms with E-state index in [-0.39, 0.29) is 0 Å². The third kappa shape index (κ3) is 10.0. The third-order valence-corrected chi connectivity index (χ3v) is 14.1. The van der Waals surface area contributed by atoms with Gasteiger partial charge in [-0.25, -0.2) is 0 Å². The fraction of sp³-hybridized carbons (Fsp3) is 0.909. The standard InChI is InChI=1S/C22H49NSi2/c1-20(2)25(21(3)4,22(5)6)23-18-16-14-12-10-11-13-15-17-19-24(7,8)9/h16,18,20-23H,10-15,17,19H2,1-9H3. The molecule has 0 bridgehead atoms. The zero-order valence-electron chi connectivity index (χ0n) is 19.0. The van der Waals surface area contributed by atoms with Crippen LogP contribution in [-0.4, -0.2) is 16.3 Å². The first kappa shape index (κ1) is 25.0. The SMILES string of the molecule is CC(C)[Si](NC=CCCCCCCCC[Si](C)(C)C)(C(C)C)C(C)C. The van der Waals surface area contributed by atoms with Crippen LogP contribution in [0.15, 0.2) is 12.3 Å². The van der Waals surface area contributed by atoms with Crippen LogP contribution in [0.2, 0.25) is 42.3 Å². The van der Waals surface area contributed by atoms with Crippen molar-refractivity contribution >= 4 is 16.3 Å². The van der Waals surface area contributed by atoms with E-state index in [2.05, 4.69) is 78.4 Å². The van der Waals surface area contributed by atoms with Gasteiger partial charge in [0.25, 0.3) is 0 Å². The highest BCUT2D eigenvalue weighted by Crippen LogP contribution is 2.38. The Morgan fingerprint density at radius 3 is 1.56 bits per heavy atom. The van der Waals surface area contributed by atoms with Gasteiger partial charge in [-0.3, -0.25) is 0 Å². The third-order valence-electron chi connectivity index (χ3n) is 5.86. The molecule has 0 fully saturated rings. The van der Waals surface area contributed by atoms with Crippen LogP contribution in [0, 0.1) is 0 Å². The van der Waals surface area contributed by atoms with Gasteiger partial charge in [0, 0.05) is 8.07 Å². The summed E-state index contributed by atoms with van der Waals surface area (Å²) in [5.41, 5.74) is 2.31. The predicted octanol–water partition coefficient (Wildman–Crippen LogP) is 8.33. The van der Waals surface area contributed by atoms with Gasteiger partial charge in [-0.1, -0.05) is 105 Å². The van der Waals surface area contributed by atoms with Crippen LogP contribution in [0.25, 0.3) is 0 Å². The van der Waals surface area contributed by atoms with Gasteiger partial charge in [-0.05, 0) is 35.7 Å². The molecule has 0 radical (unpaired) electrons.